The first-order chi connectivity index (χ1) is 12.2. The summed E-state index contributed by atoms with van der Waals surface area (Å²) in [6.07, 6.45) is 5.39. The highest BCUT2D eigenvalue weighted by molar-refractivity contribution is 5.79. The summed E-state index contributed by atoms with van der Waals surface area (Å²) in [6, 6.07) is 8.35. The third kappa shape index (κ3) is 6.41. The molecule has 2 rings (SSSR count). The molecule has 0 spiro atoms. The smallest absolute Gasteiger partial charge is 0.191 e. The van der Waals surface area contributed by atoms with Gasteiger partial charge in [-0.15, -0.1) is 0 Å². The number of nitrogens with one attached hydrogen (secondary N) is 2. The predicted molar refractivity (Wildman–Crippen MR) is 98.4 cm³/mol. The van der Waals surface area contributed by atoms with Crippen LogP contribution in [0.4, 0.5) is 4.39 Å². The second-order valence-electron chi connectivity index (χ2n) is 5.53. The predicted octanol–water partition coefficient (Wildman–Crippen LogP) is 3.87. The van der Waals surface area contributed by atoms with Crippen LogP contribution in [0.15, 0.2) is 47.7 Å². The van der Waals surface area contributed by atoms with Gasteiger partial charge in [0.25, 0.3) is 0 Å². The van der Waals surface area contributed by atoms with E-state index < -0.39 is 5.82 Å². The number of aliphatic imine (C=N–C) groups is 1. The van der Waals surface area contributed by atoms with E-state index in [-0.39, 0.29) is 5.75 Å². The molecule has 0 bridgehead atoms. The summed E-state index contributed by atoms with van der Waals surface area (Å²) in [7, 11) is 0. The lowest BCUT2D eigenvalue weighted by molar-refractivity contribution is 0.440. The van der Waals surface area contributed by atoms with E-state index in [1.54, 1.807) is 30.6 Å². The Morgan fingerprint density at radius 3 is 2.80 bits per heavy atom. The largest absolute Gasteiger partial charge is 0.453 e. The fraction of sp³-hybridized carbons (Fsp3) is 0.368. The van der Waals surface area contributed by atoms with Crippen LogP contribution < -0.4 is 15.4 Å². The van der Waals surface area contributed by atoms with Crippen LogP contribution in [-0.4, -0.2) is 24.0 Å². The molecular weight excluding hydrogens is 319 g/mol. The molecule has 0 aliphatic rings. The maximum atomic E-state index is 14.2. The minimum absolute atomic E-state index is 0.175. The lowest BCUT2D eigenvalue weighted by Crippen LogP contribution is -2.37. The van der Waals surface area contributed by atoms with Crippen LogP contribution in [0, 0.1) is 5.82 Å². The lowest BCUT2D eigenvalue weighted by Gasteiger charge is -2.11. The molecule has 0 unspecified atom stereocenters. The Bertz CT molecular complexity index is 676. The number of rotatable bonds is 8. The summed E-state index contributed by atoms with van der Waals surface area (Å²) in [5.41, 5.74) is 0.781. The normalized spacial score (nSPS) is 11.2. The molecule has 0 aliphatic heterocycles. The van der Waals surface area contributed by atoms with Crippen molar-refractivity contribution in [3.8, 4) is 11.5 Å². The van der Waals surface area contributed by atoms with E-state index in [9.17, 15) is 4.39 Å². The molecule has 2 aromatic rings. The van der Waals surface area contributed by atoms with Crippen molar-refractivity contribution in [3.05, 3.63) is 54.1 Å². The van der Waals surface area contributed by atoms with E-state index in [1.165, 1.54) is 6.07 Å². The van der Waals surface area contributed by atoms with Crippen molar-refractivity contribution in [2.45, 2.75) is 33.2 Å². The molecule has 0 fully saturated rings. The quantitative estimate of drug-likeness (QED) is 0.434. The number of halogens is 1. The van der Waals surface area contributed by atoms with Gasteiger partial charge in [0.2, 0.25) is 0 Å². The molecule has 0 amide bonds. The van der Waals surface area contributed by atoms with E-state index in [1.807, 2.05) is 13.0 Å². The molecule has 0 aliphatic carbocycles. The molecular formula is C19H25FN4O. The van der Waals surface area contributed by atoms with Gasteiger partial charge in [-0.3, -0.25) is 4.98 Å². The number of hydrogen-bond donors (Lipinski definition) is 2. The van der Waals surface area contributed by atoms with Crippen molar-refractivity contribution in [2.75, 3.05) is 13.1 Å². The van der Waals surface area contributed by atoms with Crippen LogP contribution in [0.25, 0.3) is 0 Å². The maximum absolute atomic E-state index is 14.2. The van der Waals surface area contributed by atoms with Crippen LogP contribution in [0.3, 0.4) is 0 Å². The number of unbranched alkanes of at least 4 members (excludes halogenated alkanes) is 1. The van der Waals surface area contributed by atoms with Crippen molar-refractivity contribution in [1.29, 1.82) is 0 Å². The highest BCUT2D eigenvalue weighted by Crippen LogP contribution is 2.24. The standard InChI is InChI=1S/C19H25FN4O/c1-3-5-11-23-19(22-4-2)24-13-15-8-9-18(17(20)12-15)25-16-7-6-10-21-14-16/h6-10,12,14H,3-5,11,13H2,1-2H3,(H2,22,23,24). The summed E-state index contributed by atoms with van der Waals surface area (Å²) < 4.78 is 19.7. The van der Waals surface area contributed by atoms with Crippen LogP contribution in [-0.2, 0) is 6.54 Å². The van der Waals surface area contributed by atoms with Gasteiger partial charge in [0.05, 0.1) is 12.7 Å². The van der Waals surface area contributed by atoms with Gasteiger partial charge >= 0.3 is 0 Å². The van der Waals surface area contributed by atoms with Gasteiger partial charge in [0.15, 0.2) is 17.5 Å². The van der Waals surface area contributed by atoms with E-state index in [0.29, 0.717) is 12.3 Å². The highest BCUT2D eigenvalue weighted by Gasteiger charge is 2.06. The number of benzene rings is 1. The number of nitrogens with zero attached hydrogens (tertiary/aromatic N) is 2. The monoisotopic (exact) mass is 344 g/mol. The zero-order chi connectivity index (χ0) is 17.9. The SMILES string of the molecule is CCCCNC(=NCc1ccc(Oc2cccnc2)c(F)c1)NCC. The topological polar surface area (TPSA) is 58.5 Å². The Morgan fingerprint density at radius 1 is 1.24 bits per heavy atom. The fourth-order valence-electron chi connectivity index (χ4n) is 2.16. The Balaban J connectivity index is 1.99. The summed E-state index contributed by atoms with van der Waals surface area (Å²) in [6.45, 7) is 6.20. The Kier molecular flexibility index (Phi) is 7.69. The number of ether oxygens (including phenoxy) is 1. The molecule has 5 nitrogen and oxygen atoms in total. The molecule has 2 N–H and O–H groups in total. The summed E-state index contributed by atoms with van der Waals surface area (Å²) >= 11 is 0. The minimum Gasteiger partial charge on any atom is -0.453 e. The molecule has 0 atom stereocenters. The molecule has 134 valence electrons. The molecule has 6 heteroatoms. The van der Waals surface area contributed by atoms with Crippen molar-refractivity contribution in [3.63, 3.8) is 0 Å². The Labute approximate surface area is 148 Å². The first-order valence-electron chi connectivity index (χ1n) is 8.61. The molecule has 0 saturated carbocycles. The zero-order valence-corrected chi connectivity index (χ0v) is 14.8. The van der Waals surface area contributed by atoms with Gasteiger partial charge in [-0.05, 0) is 43.2 Å². The first kappa shape index (κ1) is 18.7. The van der Waals surface area contributed by atoms with Crippen LogP contribution >= 0.6 is 0 Å². The second-order valence-corrected chi connectivity index (χ2v) is 5.53. The summed E-state index contributed by atoms with van der Waals surface area (Å²) in [4.78, 5) is 8.43. The average Bonchev–Trinajstić information content (AvgIpc) is 2.63. The second kappa shape index (κ2) is 10.3. The van der Waals surface area contributed by atoms with Crippen LogP contribution in [0.5, 0.6) is 11.5 Å². The fourth-order valence-corrected chi connectivity index (χ4v) is 2.16. The average molecular weight is 344 g/mol. The Hall–Kier alpha value is -2.63. The molecule has 0 saturated heterocycles. The summed E-state index contributed by atoms with van der Waals surface area (Å²) in [5.74, 6) is 1.00. The third-order valence-electron chi connectivity index (χ3n) is 3.45. The van der Waals surface area contributed by atoms with Gasteiger partial charge in [-0.25, -0.2) is 9.38 Å². The number of aromatic nitrogens is 1. The lowest BCUT2D eigenvalue weighted by atomic mass is 10.2. The van der Waals surface area contributed by atoms with Gasteiger partial charge < -0.3 is 15.4 Å². The maximum Gasteiger partial charge on any atom is 0.191 e. The zero-order valence-electron chi connectivity index (χ0n) is 14.8. The van der Waals surface area contributed by atoms with Crippen molar-refractivity contribution >= 4 is 5.96 Å². The van der Waals surface area contributed by atoms with Gasteiger partial charge in [0.1, 0.15) is 5.75 Å². The van der Waals surface area contributed by atoms with Crippen LogP contribution in [0.1, 0.15) is 32.3 Å². The van der Waals surface area contributed by atoms with E-state index in [4.69, 9.17) is 4.74 Å². The third-order valence-corrected chi connectivity index (χ3v) is 3.45. The van der Waals surface area contributed by atoms with Crippen LogP contribution in [0.2, 0.25) is 0 Å². The molecule has 0 radical (unpaired) electrons. The highest BCUT2D eigenvalue weighted by atomic mass is 19.1. The van der Waals surface area contributed by atoms with Gasteiger partial charge in [0, 0.05) is 19.3 Å². The number of pyridine rings is 1. The van der Waals surface area contributed by atoms with Crippen molar-refractivity contribution in [1.82, 2.24) is 15.6 Å². The summed E-state index contributed by atoms with van der Waals surface area (Å²) in [5, 5.41) is 6.45. The van der Waals surface area contributed by atoms with Crippen molar-refractivity contribution < 1.29 is 9.13 Å². The molecule has 1 aromatic carbocycles. The molecule has 1 aromatic heterocycles. The number of guanidine groups is 1. The first-order valence-corrected chi connectivity index (χ1v) is 8.61. The van der Waals surface area contributed by atoms with E-state index >= 15 is 0 Å². The molecule has 1 heterocycles. The van der Waals surface area contributed by atoms with E-state index in [2.05, 4.69) is 27.5 Å². The van der Waals surface area contributed by atoms with Crippen molar-refractivity contribution in [2.24, 2.45) is 4.99 Å². The molecule has 25 heavy (non-hydrogen) atoms. The number of hydrogen-bond acceptors (Lipinski definition) is 3. The Morgan fingerprint density at radius 2 is 2.12 bits per heavy atom. The van der Waals surface area contributed by atoms with E-state index in [0.717, 1.165) is 37.5 Å². The minimum atomic E-state index is -0.416. The van der Waals surface area contributed by atoms with Gasteiger partial charge in [-0.2, -0.15) is 0 Å². The van der Waals surface area contributed by atoms with Gasteiger partial charge in [-0.1, -0.05) is 19.4 Å².